The van der Waals surface area contributed by atoms with Crippen molar-refractivity contribution in [3.8, 4) is 11.1 Å². The monoisotopic (exact) mass is 412 g/mol. The first kappa shape index (κ1) is 19.7. The lowest BCUT2D eigenvalue weighted by atomic mass is 9.77. The van der Waals surface area contributed by atoms with Crippen LogP contribution in [0.15, 0.2) is 72.8 Å². The lowest BCUT2D eigenvalue weighted by molar-refractivity contribution is 0.00461. The van der Waals surface area contributed by atoms with E-state index in [0.717, 1.165) is 25.7 Å². The molecular formula is C28H28OS. The van der Waals surface area contributed by atoms with Crippen molar-refractivity contribution in [3.63, 3.8) is 0 Å². The number of rotatable bonds is 4. The second-order valence-electron chi connectivity index (χ2n) is 8.76. The number of benzene rings is 4. The van der Waals surface area contributed by atoms with Gasteiger partial charge < -0.3 is 5.11 Å². The zero-order valence-electron chi connectivity index (χ0n) is 17.3. The summed E-state index contributed by atoms with van der Waals surface area (Å²) in [7, 11) is 0. The van der Waals surface area contributed by atoms with E-state index in [4.69, 9.17) is 0 Å². The van der Waals surface area contributed by atoms with Crippen LogP contribution in [0.3, 0.4) is 0 Å². The van der Waals surface area contributed by atoms with Crippen molar-refractivity contribution in [1.29, 1.82) is 0 Å². The Morgan fingerprint density at radius 3 is 1.80 bits per heavy atom. The van der Waals surface area contributed by atoms with Gasteiger partial charge in [0.25, 0.3) is 0 Å². The number of hydrogen-bond acceptors (Lipinski definition) is 2. The highest BCUT2D eigenvalue weighted by atomic mass is 32.1. The van der Waals surface area contributed by atoms with Gasteiger partial charge in [0.05, 0.1) is 5.60 Å². The Morgan fingerprint density at radius 2 is 1.20 bits per heavy atom. The first-order chi connectivity index (χ1) is 14.7. The highest BCUT2D eigenvalue weighted by Crippen LogP contribution is 2.42. The molecule has 1 fully saturated rings. The van der Waals surface area contributed by atoms with Crippen LogP contribution in [0.5, 0.6) is 0 Å². The number of hydrogen-bond donors (Lipinski definition) is 2. The summed E-state index contributed by atoms with van der Waals surface area (Å²) in [6.07, 6.45) is 5.98. The van der Waals surface area contributed by atoms with Gasteiger partial charge in [0, 0.05) is 12.2 Å². The average molecular weight is 413 g/mol. The first-order valence-electron chi connectivity index (χ1n) is 11.0. The predicted octanol–water partition coefficient (Wildman–Crippen LogP) is 7.33. The third kappa shape index (κ3) is 3.53. The van der Waals surface area contributed by atoms with Crippen molar-refractivity contribution in [2.24, 2.45) is 0 Å². The Balaban J connectivity index is 1.81. The minimum atomic E-state index is -0.596. The van der Waals surface area contributed by atoms with Gasteiger partial charge in [-0.2, -0.15) is 12.6 Å². The summed E-state index contributed by atoms with van der Waals surface area (Å²) in [6.45, 7) is 0. The summed E-state index contributed by atoms with van der Waals surface area (Å²) >= 11 is 4.68. The van der Waals surface area contributed by atoms with Gasteiger partial charge in [0.1, 0.15) is 0 Å². The molecule has 0 atom stereocenters. The molecule has 152 valence electrons. The second-order valence-corrected chi connectivity index (χ2v) is 9.08. The van der Waals surface area contributed by atoms with E-state index in [-0.39, 0.29) is 0 Å². The van der Waals surface area contributed by atoms with Gasteiger partial charge in [-0.3, -0.25) is 0 Å². The fraction of sp³-hybridized carbons (Fsp3) is 0.286. The SMILES string of the molecule is OC1(Cc2ccc3ccccc3c2-c2c(CS)ccc3ccccc23)CCCCC1. The van der Waals surface area contributed by atoms with Crippen molar-refractivity contribution in [1.82, 2.24) is 0 Å². The third-order valence-corrected chi connectivity index (χ3v) is 7.10. The molecule has 1 aliphatic carbocycles. The van der Waals surface area contributed by atoms with Crippen LogP contribution >= 0.6 is 12.6 Å². The van der Waals surface area contributed by atoms with E-state index in [1.54, 1.807) is 0 Å². The van der Waals surface area contributed by atoms with E-state index in [0.29, 0.717) is 12.2 Å². The predicted molar refractivity (Wildman–Crippen MR) is 131 cm³/mol. The molecule has 0 saturated heterocycles. The third-order valence-electron chi connectivity index (χ3n) is 6.75. The molecule has 2 heteroatoms. The summed E-state index contributed by atoms with van der Waals surface area (Å²) in [4.78, 5) is 0. The summed E-state index contributed by atoms with van der Waals surface area (Å²) in [5, 5.41) is 16.4. The highest BCUT2D eigenvalue weighted by molar-refractivity contribution is 7.79. The first-order valence-corrected chi connectivity index (χ1v) is 11.7. The molecule has 0 unspecified atom stereocenters. The van der Waals surface area contributed by atoms with Crippen LogP contribution in [0.1, 0.15) is 43.2 Å². The zero-order chi connectivity index (χ0) is 20.6. The maximum Gasteiger partial charge on any atom is 0.0688 e. The molecule has 5 rings (SSSR count). The van der Waals surface area contributed by atoms with Crippen molar-refractivity contribution < 1.29 is 5.11 Å². The van der Waals surface area contributed by atoms with Gasteiger partial charge in [-0.1, -0.05) is 92.1 Å². The Labute approximate surface area is 184 Å². The Morgan fingerprint density at radius 1 is 0.667 bits per heavy atom. The van der Waals surface area contributed by atoms with E-state index in [9.17, 15) is 5.11 Å². The number of fused-ring (bicyclic) bond motifs is 2. The van der Waals surface area contributed by atoms with Crippen LogP contribution in [0.4, 0.5) is 0 Å². The molecule has 30 heavy (non-hydrogen) atoms. The van der Waals surface area contributed by atoms with Crippen LogP contribution in [0.2, 0.25) is 0 Å². The molecule has 4 aromatic carbocycles. The Bertz CT molecular complexity index is 1200. The van der Waals surface area contributed by atoms with E-state index in [2.05, 4.69) is 85.4 Å². The molecule has 1 nitrogen and oxygen atoms in total. The summed E-state index contributed by atoms with van der Waals surface area (Å²) in [5.41, 5.74) is 4.44. The van der Waals surface area contributed by atoms with E-state index in [1.807, 2.05) is 0 Å². The fourth-order valence-corrected chi connectivity index (χ4v) is 5.51. The van der Waals surface area contributed by atoms with Crippen LogP contribution < -0.4 is 0 Å². The number of aliphatic hydroxyl groups is 1. The van der Waals surface area contributed by atoms with Crippen molar-refractivity contribution >= 4 is 34.2 Å². The minimum Gasteiger partial charge on any atom is -0.390 e. The summed E-state index contributed by atoms with van der Waals surface area (Å²) < 4.78 is 0. The minimum absolute atomic E-state index is 0.596. The molecule has 0 radical (unpaired) electrons. The van der Waals surface area contributed by atoms with Gasteiger partial charge in [-0.15, -0.1) is 0 Å². The van der Waals surface area contributed by atoms with Gasteiger partial charge in [-0.25, -0.2) is 0 Å². The van der Waals surface area contributed by atoms with E-state index in [1.165, 1.54) is 50.2 Å². The normalized spacial score (nSPS) is 16.2. The standard InChI is InChI=1S/C28H28OS/c29-28(16-6-1-7-17-28)18-22-14-12-20-8-2-4-10-24(20)26(22)27-23(19-30)15-13-21-9-3-5-11-25(21)27/h2-5,8-15,29-30H,1,6-7,16-19H2. The molecule has 0 spiro atoms. The topological polar surface area (TPSA) is 20.2 Å². The molecule has 4 aromatic rings. The van der Waals surface area contributed by atoms with Gasteiger partial charge in [0.15, 0.2) is 0 Å². The maximum absolute atomic E-state index is 11.4. The number of thiol groups is 1. The zero-order valence-corrected chi connectivity index (χ0v) is 18.2. The molecule has 1 N–H and O–H groups in total. The van der Waals surface area contributed by atoms with Crippen LogP contribution in [-0.4, -0.2) is 10.7 Å². The van der Waals surface area contributed by atoms with E-state index >= 15 is 0 Å². The van der Waals surface area contributed by atoms with Crippen LogP contribution in [0.25, 0.3) is 32.7 Å². The largest absolute Gasteiger partial charge is 0.390 e. The molecular weight excluding hydrogens is 384 g/mol. The van der Waals surface area contributed by atoms with Crippen LogP contribution in [0, 0.1) is 0 Å². The van der Waals surface area contributed by atoms with Gasteiger partial charge in [0.2, 0.25) is 0 Å². The van der Waals surface area contributed by atoms with E-state index < -0.39 is 5.60 Å². The molecule has 0 bridgehead atoms. The quantitative estimate of drug-likeness (QED) is 0.336. The van der Waals surface area contributed by atoms with Crippen LogP contribution in [-0.2, 0) is 12.2 Å². The summed E-state index contributed by atoms with van der Waals surface area (Å²) in [5.74, 6) is 0.688. The summed E-state index contributed by atoms with van der Waals surface area (Å²) in [6, 6.07) is 26.1. The lowest BCUT2D eigenvalue weighted by Crippen LogP contribution is -2.34. The maximum atomic E-state index is 11.4. The second kappa shape index (κ2) is 8.09. The smallest absolute Gasteiger partial charge is 0.0688 e. The Hall–Kier alpha value is -2.29. The highest BCUT2D eigenvalue weighted by Gasteiger charge is 2.31. The van der Waals surface area contributed by atoms with Crippen molar-refractivity contribution in [3.05, 3.63) is 83.9 Å². The Kier molecular flexibility index (Phi) is 5.30. The molecule has 0 aliphatic heterocycles. The fourth-order valence-electron chi connectivity index (χ4n) is 5.24. The van der Waals surface area contributed by atoms with Crippen molar-refractivity contribution in [2.75, 3.05) is 0 Å². The molecule has 1 aliphatic rings. The molecule has 1 saturated carbocycles. The van der Waals surface area contributed by atoms with Crippen molar-refractivity contribution in [2.45, 2.75) is 49.9 Å². The molecule has 0 aromatic heterocycles. The average Bonchev–Trinajstić information content (AvgIpc) is 2.79. The van der Waals surface area contributed by atoms with Gasteiger partial charge >= 0.3 is 0 Å². The lowest BCUT2D eigenvalue weighted by Gasteiger charge is -2.33. The van der Waals surface area contributed by atoms with Gasteiger partial charge in [-0.05, 0) is 56.6 Å². The molecule has 0 amide bonds. The molecule has 0 heterocycles.